The zero-order chi connectivity index (χ0) is 27.8. The average molecular weight is 583 g/mol. The zero-order valence-corrected chi connectivity index (χ0v) is 23.9. The molecule has 2 aromatic carbocycles. The molecule has 206 valence electrons. The first kappa shape index (κ1) is 28.8. The molecule has 2 fully saturated rings. The molecule has 1 heterocycles. The van der Waals surface area contributed by atoms with Gasteiger partial charge in [0.1, 0.15) is 0 Å². The summed E-state index contributed by atoms with van der Waals surface area (Å²) in [6.45, 7) is 1.71. The van der Waals surface area contributed by atoms with Crippen LogP contribution >= 0.6 is 23.2 Å². The van der Waals surface area contributed by atoms with Gasteiger partial charge in [0.2, 0.25) is 5.91 Å². The summed E-state index contributed by atoms with van der Waals surface area (Å²) >= 11 is 12.6. The molecular weight excluding hydrogens is 549 g/mol. The topological polar surface area (TPSA) is 107 Å². The molecule has 11 heteroatoms. The Morgan fingerprint density at radius 1 is 1.13 bits per heavy atom. The predicted molar refractivity (Wildman–Crippen MR) is 147 cm³/mol. The molecule has 1 saturated heterocycles. The van der Waals surface area contributed by atoms with Gasteiger partial charge in [-0.2, -0.15) is 12.7 Å². The van der Waals surface area contributed by atoms with Crippen LogP contribution in [0.25, 0.3) is 0 Å². The number of carboxylic acid groups (broad SMARTS) is 1. The van der Waals surface area contributed by atoms with Crippen molar-refractivity contribution in [2.24, 2.45) is 11.3 Å². The highest BCUT2D eigenvalue weighted by Gasteiger charge is 2.54. The van der Waals surface area contributed by atoms with E-state index in [2.05, 4.69) is 4.72 Å². The van der Waals surface area contributed by atoms with Crippen LogP contribution in [0.3, 0.4) is 0 Å². The number of hydrogen-bond acceptors (Lipinski definition) is 4. The summed E-state index contributed by atoms with van der Waals surface area (Å²) < 4.78 is 29.0. The van der Waals surface area contributed by atoms with Gasteiger partial charge in [-0.25, -0.2) is 4.72 Å². The maximum absolute atomic E-state index is 14.3. The highest BCUT2D eigenvalue weighted by molar-refractivity contribution is 7.87. The van der Waals surface area contributed by atoms with Gasteiger partial charge in [0.05, 0.1) is 17.9 Å². The smallest absolute Gasteiger partial charge is 0.304 e. The Morgan fingerprint density at radius 3 is 2.34 bits per heavy atom. The number of carboxylic acids is 1. The predicted octanol–water partition coefficient (Wildman–Crippen LogP) is 4.71. The Bertz CT molecular complexity index is 1300. The van der Waals surface area contributed by atoms with Crippen LogP contribution in [0.15, 0.2) is 48.5 Å². The molecule has 0 bridgehead atoms. The Labute approximate surface area is 234 Å². The number of amides is 1. The van der Waals surface area contributed by atoms with Crippen molar-refractivity contribution in [1.82, 2.24) is 13.9 Å². The second-order valence-electron chi connectivity index (χ2n) is 10.7. The number of carbonyl (C=O) groups excluding carboxylic acids is 1. The fourth-order valence-electron chi connectivity index (χ4n) is 5.54. The lowest BCUT2D eigenvalue weighted by molar-refractivity contribution is -0.161. The van der Waals surface area contributed by atoms with Gasteiger partial charge in [0, 0.05) is 42.6 Å². The number of halogens is 2. The van der Waals surface area contributed by atoms with Gasteiger partial charge in [-0.3, -0.25) is 9.59 Å². The highest BCUT2D eigenvalue weighted by Crippen LogP contribution is 2.54. The van der Waals surface area contributed by atoms with Crippen molar-refractivity contribution in [2.45, 2.75) is 50.6 Å². The molecule has 1 aliphatic carbocycles. The van der Waals surface area contributed by atoms with Gasteiger partial charge in [0.25, 0.3) is 10.2 Å². The molecule has 2 N–H and O–H groups in total. The Kier molecular flexibility index (Phi) is 8.45. The Morgan fingerprint density at radius 2 is 1.79 bits per heavy atom. The minimum atomic E-state index is -3.75. The summed E-state index contributed by atoms with van der Waals surface area (Å²) in [7, 11) is -0.864. The molecule has 38 heavy (non-hydrogen) atoms. The van der Waals surface area contributed by atoms with E-state index in [1.807, 2.05) is 30.3 Å². The summed E-state index contributed by atoms with van der Waals surface area (Å²) in [5.41, 5.74) is 0.524. The number of carbonyl (C=O) groups is 2. The first-order chi connectivity index (χ1) is 17.8. The number of likely N-dealkylation sites (tertiary alicyclic amines) is 1. The van der Waals surface area contributed by atoms with Crippen molar-refractivity contribution in [3.8, 4) is 0 Å². The zero-order valence-electron chi connectivity index (χ0n) is 21.6. The van der Waals surface area contributed by atoms with Crippen LogP contribution in [0.1, 0.15) is 55.7 Å². The normalized spacial score (nSPS) is 25.0. The van der Waals surface area contributed by atoms with E-state index >= 15 is 0 Å². The van der Waals surface area contributed by atoms with Crippen molar-refractivity contribution < 1.29 is 23.1 Å². The summed E-state index contributed by atoms with van der Waals surface area (Å²) in [4.78, 5) is 28.0. The number of aliphatic carboxylic acids is 1. The van der Waals surface area contributed by atoms with Crippen molar-refractivity contribution in [3.05, 3.63) is 69.7 Å². The van der Waals surface area contributed by atoms with Crippen LogP contribution < -0.4 is 4.72 Å². The van der Waals surface area contributed by atoms with E-state index in [-0.39, 0.29) is 30.7 Å². The van der Waals surface area contributed by atoms with Crippen molar-refractivity contribution in [1.29, 1.82) is 0 Å². The number of rotatable bonds is 10. The van der Waals surface area contributed by atoms with Gasteiger partial charge >= 0.3 is 5.97 Å². The third-order valence-electron chi connectivity index (χ3n) is 7.61. The fourth-order valence-corrected chi connectivity index (χ4v) is 6.50. The van der Waals surface area contributed by atoms with E-state index in [0.717, 1.165) is 28.3 Å². The molecule has 2 aromatic rings. The summed E-state index contributed by atoms with van der Waals surface area (Å²) in [5.74, 6) is -1.56. The van der Waals surface area contributed by atoms with E-state index < -0.39 is 33.7 Å². The second kappa shape index (κ2) is 11.1. The summed E-state index contributed by atoms with van der Waals surface area (Å²) in [6, 6.07) is 13.7. The van der Waals surface area contributed by atoms with Gasteiger partial charge < -0.3 is 10.0 Å². The molecule has 1 saturated carbocycles. The highest BCUT2D eigenvalue weighted by atomic mass is 35.5. The summed E-state index contributed by atoms with van der Waals surface area (Å²) in [5, 5.41) is 10.9. The third kappa shape index (κ3) is 6.18. The molecule has 0 radical (unpaired) electrons. The Hall–Kier alpha value is -2.17. The average Bonchev–Trinajstić information content (AvgIpc) is 3.67. The van der Waals surface area contributed by atoms with Gasteiger partial charge in [-0.05, 0) is 60.6 Å². The van der Waals surface area contributed by atoms with E-state index in [9.17, 15) is 23.1 Å². The largest absolute Gasteiger partial charge is 0.481 e. The van der Waals surface area contributed by atoms with Crippen molar-refractivity contribution in [3.63, 3.8) is 0 Å². The lowest BCUT2D eigenvalue weighted by atomic mass is 9.67. The van der Waals surface area contributed by atoms with Crippen LogP contribution in [0.4, 0.5) is 0 Å². The number of benzene rings is 2. The van der Waals surface area contributed by atoms with Crippen LogP contribution in [0.2, 0.25) is 10.0 Å². The quantitative estimate of drug-likeness (QED) is 0.422. The molecule has 8 nitrogen and oxygen atoms in total. The molecule has 0 aromatic heterocycles. The van der Waals surface area contributed by atoms with Gasteiger partial charge in [0.15, 0.2) is 0 Å². The van der Waals surface area contributed by atoms with Crippen LogP contribution in [-0.2, 0) is 19.8 Å². The fraction of sp³-hybridized carbons (Fsp3) is 0.481. The van der Waals surface area contributed by atoms with E-state index in [1.54, 1.807) is 30.0 Å². The monoisotopic (exact) mass is 581 g/mol. The number of nitrogens with zero attached hydrogens (tertiary/aromatic N) is 2. The maximum atomic E-state index is 14.3. The summed E-state index contributed by atoms with van der Waals surface area (Å²) in [6.07, 6.45) is 1.66. The third-order valence-corrected chi connectivity index (χ3v) is 9.59. The molecule has 4 rings (SSSR count). The van der Waals surface area contributed by atoms with E-state index in [0.29, 0.717) is 16.5 Å². The minimum absolute atomic E-state index is 0.0203. The minimum Gasteiger partial charge on any atom is -0.481 e. The van der Waals surface area contributed by atoms with Crippen molar-refractivity contribution in [2.75, 3.05) is 20.6 Å². The molecule has 1 amide bonds. The molecule has 1 unspecified atom stereocenters. The van der Waals surface area contributed by atoms with Crippen LogP contribution in [0, 0.1) is 11.3 Å². The van der Waals surface area contributed by atoms with Crippen LogP contribution in [0.5, 0.6) is 0 Å². The van der Waals surface area contributed by atoms with Crippen molar-refractivity contribution >= 4 is 45.3 Å². The lowest BCUT2D eigenvalue weighted by Crippen LogP contribution is -2.59. The first-order valence-corrected chi connectivity index (χ1v) is 14.7. The molecule has 4 atom stereocenters. The lowest BCUT2D eigenvalue weighted by Gasteiger charge is -2.52. The number of piperidine rings is 1. The van der Waals surface area contributed by atoms with Crippen LogP contribution in [-0.4, -0.2) is 61.3 Å². The Balaban J connectivity index is 1.88. The second-order valence-corrected chi connectivity index (χ2v) is 13.6. The molecule has 0 spiro atoms. The number of hydrogen-bond donors (Lipinski definition) is 2. The standard InChI is InChI=1S/C27H33Cl2N3O5S/c1-27(15-24(33)34)14-22(19-5-4-6-21(29)13-19)25(18-9-11-20(28)12-10-18)32(26(27)35)23(17-7-8-17)16-30-38(36,37)31(2)3/h4-6,9-13,17,22-23,25,30H,7-8,14-16H2,1-3H3,(H,33,34)/t22-,23?,25-,27-/m1/s1. The maximum Gasteiger partial charge on any atom is 0.304 e. The first-order valence-electron chi connectivity index (χ1n) is 12.5. The van der Waals surface area contributed by atoms with Gasteiger partial charge in [-0.15, -0.1) is 0 Å². The molecule has 1 aliphatic heterocycles. The van der Waals surface area contributed by atoms with E-state index in [4.69, 9.17) is 23.2 Å². The molecular formula is C27H33Cl2N3O5S. The number of nitrogens with one attached hydrogen (secondary N) is 1. The van der Waals surface area contributed by atoms with Gasteiger partial charge in [-0.1, -0.05) is 54.4 Å². The molecule has 2 aliphatic rings. The van der Waals surface area contributed by atoms with E-state index in [1.165, 1.54) is 14.1 Å². The SMILES string of the molecule is CN(C)S(=O)(=O)NCC(C1CC1)N1C(=O)[C@@](C)(CC(=O)O)C[C@H](c2cccc(Cl)c2)[C@H]1c1ccc(Cl)cc1.